The monoisotopic (exact) mass is 592 g/mol. The third-order valence-corrected chi connectivity index (χ3v) is 7.44. The van der Waals surface area contributed by atoms with Crippen LogP contribution in [0.1, 0.15) is 23.3 Å². The van der Waals surface area contributed by atoms with Crippen molar-refractivity contribution in [3.05, 3.63) is 52.1 Å². The van der Waals surface area contributed by atoms with Crippen molar-refractivity contribution < 1.29 is 50.2 Å². The van der Waals surface area contributed by atoms with Crippen molar-refractivity contribution in [3.8, 4) is 11.3 Å². The Hall–Kier alpha value is -3.17. The Morgan fingerprint density at radius 1 is 1.10 bits per heavy atom. The maximum Gasteiger partial charge on any atom is 0.416 e. The predicted octanol–water partition coefficient (Wildman–Crippen LogP) is 5.16. The van der Waals surface area contributed by atoms with E-state index < -0.39 is 46.7 Å². The van der Waals surface area contributed by atoms with Crippen LogP contribution >= 0.6 is 24.0 Å². The molecule has 2 aliphatic heterocycles. The molecule has 1 aromatic carbocycles. The molecule has 1 aromatic heterocycles. The van der Waals surface area contributed by atoms with Crippen LogP contribution < -0.4 is 0 Å². The van der Waals surface area contributed by atoms with Gasteiger partial charge in [0, 0.05) is 24.7 Å². The Balaban J connectivity index is 1.48. The van der Waals surface area contributed by atoms with Gasteiger partial charge >= 0.3 is 18.3 Å². The Labute approximate surface area is 226 Å². The van der Waals surface area contributed by atoms with Crippen LogP contribution in [0, 0.1) is 5.92 Å². The molecule has 208 valence electrons. The van der Waals surface area contributed by atoms with Crippen LogP contribution in [0.4, 0.5) is 26.3 Å². The number of hydrogen-bond donors (Lipinski definition) is 1. The highest BCUT2D eigenvalue weighted by Gasteiger charge is 2.38. The van der Waals surface area contributed by atoms with E-state index in [0.29, 0.717) is 31.6 Å². The molecule has 3 heterocycles. The van der Waals surface area contributed by atoms with Crippen LogP contribution in [0.3, 0.4) is 0 Å². The lowest BCUT2D eigenvalue weighted by molar-refractivity contribution is -0.149. The first-order valence-electron chi connectivity index (χ1n) is 11.3. The summed E-state index contributed by atoms with van der Waals surface area (Å²) in [4.78, 5) is 38.3. The van der Waals surface area contributed by atoms with Crippen molar-refractivity contribution >= 4 is 52.0 Å². The Morgan fingerprint density at radius 3 is 2.33 bits per heavy atom. The summed E-state index contributed by atoms with van der Waals surface area (Å²) in [6.45, 7) is 0.873. The van der Waals surface area contributed by atoms with E-state index in [1.54, 1.807) is 4.90 Å². The summed E-state index contributed by atoms with van der Waals surface area (Å²) < 4.78 is 84.9. The van der Waals surface area contributed by atoms with Crippen molar-refractivity contribution in [3.63, 3.8) is 0 Å². The van der Waals surface area contributed by atoms with E-state index in [1.165, 1.54) is 23.1 Å². The van der Waals surface area contributed by atoms with Gasteiger partial charge in [-0.3, -0.25) is 19.4 Å². The average molecular weight is 593 g/mol. The summed E-state index contributed by atoms with van der Waals surface area (Å²) in [6.07, 6.45) is -8.11. The number of likely N-dealkylation sites (tertiary alicyclic amines) is 1. The number of thiocarbonyl (C=S) groups is 1. The minimum absolute atomic E-state index is 0.0201. The molecule has 2 aromatic rings. The minimum atomic E-state index is -5.01. The van der Waals surface area contributed by atoms with E-state index in [1.807, 2.05) is 0 Å². The minimum Gasteiger partial charge on any atom is -0.475 e. The van der Waals surface area contributed by atoms with Crippen LogP contribution in [0.2, 0.25) is 0 Å². The highest BCUT2D eigenvalue weighted by Crippen LogP contribution is 2.40. The van der Waals surface area contributed by atoms with E-state index in [-0.39, 0.29) is 45.8 Å². The molecule has 0 radical (unpaired) electrons. The van der Waals surface area contributed by atoms with Gasteiger partial charge in [-0.1, -0.05) is 24.0 Å². The lowest BCUT2D eigenvalue weighted by Gasteiger charge is -2.19. The van der Waals surface area contributed by atoms with Crippen molar-refractivity contribution in [2.75, 3.05) is 26.2 Å². The molecular formula is C24H18F6N2O5S2. The highest BCUT2D eigenvalue weighted by molar-refractivity contribution is 8.26. The van der Waals surface area contributed by atoms with Gasteiger partial charge in [-0.25, -0.2) is 4.79 Å². The van der Waals surface area contributed by atoms with Gasteiger partial charge in [0.05, 0.1) is 22.6 Å². The number of carbonyl (C=O) groups is 3. The number of carboxylic acid groups (broad SMARTS) is 1. The van der Waals surface area contributed by atoms with Gasteiger partial charge in [0.15, 0.2) is 0 Å². The molecule has 2 aliphatic rings. The number of rotatable bonds is 7. The molecule has 1 amide bonds. The summed E-state index contributed by atoms with van der Waals surface area (Å²) in [5.41, 5.74) is -3.40. The molecule has 39 heavy (non-hydrogen) atoms. The van der Waals surface area contributed by atoms with Crippen LogP contribution in [-0.4, -0.2) is 63.1 Å². The normalized spacial score (nSPS) is 19.9. The first-order chi connectivity index (χ1) is 18.1. The van der Waals surface area contributed by atoms with Crippen LogP contribution in [0.25, 0.3) is 17.4 Å². The van der Waals surface area contributed by atoms with E-state index >= 15 is 0 Å². The Kier molecular flexibility index (Phi) is 7.96. The summed E-state index contributed by atoms with van der Waals surface area (Å²) in [6, 6.07) is 3.63. The smallest absolute Gasteiger partial charge is 0.416 e. The number of amides is 1. The van der Waals surface area contributed by atoms with Gasteiger partial charge < -0.3 is 9.52 Å². The van der Waals surface area contributed by atoms with E-state index in [4.69, 9.17) is 21.7 Å². The molecule has 0 bridgehead atoms. The number of aliphatic carboxylic acids is 1. The molecule has 2 saturated heterocycles. The third-order valence-electron chi connectivity index (χ3n) is 6.06. The lowest BCUT2D eigenvalue weighted by atomic mass is 10.0. The fourth-order valence-corrected chi connectivity index (χ4v) is 5.46. The second-order valence-corrected chi connectivity index (χ2v) is 10.6. The van der Waals surface area contributed by atoms with Crippen molar-refractivity contribution in [2.24, 2.45) is 5.92 Å². The number of nitrogens with zero attached hydrogens (tertiary/aromatic N) is 2. The first kappa shape index (κ1) is 28.8. The maximum absolute atomic E-state index is 13.2. The van der Waals surface area contributed by atoms with Crippen LogP contribution in [0.5, 0.6) is 0 Å². The van der Waals surface area contributed by atoms with Gasteiger partial charge in [-0.15, -0.1) is 0 Å². The zero-order valence-corrected chi connectivity index (χ0v) is 21.3. The fourth-order valence-electron chi connectivity index (χ4n) is 4.20. The number of furan rings is 1. The van der Waals surface area contributed by atoms with E-state index in [0.717, 1.165) is 11.8 Å². The molecule has 7 nitrogen and oxygen atoms in total. The van der Waals surface area contributed by atoms with Gasteiger partial charge in [0.25, 0.3) is 11.7 Å². The Bertz CT molecular complexity index is 1340. The standard InChI is InChI=1S/C24H18F6N2O5S2/c25-23(26,27)14-5-13(6-15(7-14)24(28,29)30)18-2-1-16(37-18)8-19-20(34)32(22(38)39-19)10-12-3-4-31(9-12)11-17(33)21(35)36/h1-2,5-8,12H,3-4,9-11H2,(H,35,36). The lowest BCUT2D eigenvalue weighted by Crippen LogP contribution is -2.36. The molecular weight excluding hydrogens is 574 g/mol. The molecule has 15 heteroatoms. The average Bonchev–Trinajstić information content (AvgIpc) is 3.55. The summed E-state index contributed by atoms with van der Waals surface area (Å²) in [5.74, 6) is -3.20. The van der Waals surface area contributed by atoms with Crippen LogP contribution in [-0.2, 0) is 26.7 Å². The maximum atomic E-state index is 13.2. The molecule has 1 atom stereocenters. The number of carbonyl (C=O) groups excluding carboxylic acids is 2. The molecule has 1 N–H and O–H groups in total. The SMILES string of the molecule is O=C(O)C(=O)CN1CCC(CN2C(=O)C(=Cc3ccc(-c4cc(C(F)(F)F)cc(C(F)(F)F)c4)o3)SC2=S)C1. The topological polar surface area (TPSA) is 91.1 Å². The molecule has 2 fully saturated rings. The number of halogens is 6. The summed E-state index contributed by atoms with van der Waals surface area (Å²) >= 11 is 6.26. The summed E-state index contributed by atoms with van der Waals surface area (Å²) in [5, 5.41) is 8.76. The number of alkyl halides is 6. The first-order valence-corrected chi connectivity index (χ1v) is 12.5. The van der Waals surface area contributed by atoms with Crippen molar-refractivity contribution in [2.45, 2.75) is 18.8 Å². The third kappa shape index (κ3) is 6.70. The number of ketones is 1. The van der Waals surface area contributed by atoms with Gasteiger partial charge in [0.2, 0.25) is 0 Å². The van der Waals surface area contributed by atoms with Gasteiger partial charge in [0.1, 0.15) is 15.8 Å². The molecule has 0 aliphatic carbocycles. The number of carboxylic acids is 1. The van der Waals surface area contributed by atoms with Crippen molar-refractivity contribution in [1.29, 1.82) is 0 Å². The fraction of sp³-hybridized carbons (Fsp3) is 0.333. The zero-order chi connectivity index (χ0) is 28.7. The Morgan fingerprint density at radius 2 is 1.74 bits per heavy atom. The van der Waals surface area contributed by atoms with E-state index in [9.17, 15) is 40.7 Å². The van der Waals surface area contributed by atoms with Gasteiger partial charge in [-0.05, 0) is 49.2 Å². The number of thioether (sulfide) groups is 1. The highest BCUT2D eigenvalue weighted by atomic mass is 32.2. The molecule has 0 spiro atoms. The predicted molar refractivity (Wildman–Crippen MR) is 131 cm³/mol. The van der Waals surface area contributed by atoms with Crippen molar-refractivity contribution in [1.82, 2.24) is 9.80 Å². The summed E-state index contributed by atoms with van der Waals surface area (Å²) in [7, 11) is 0. The van der Waals surface area contributed by atoms with E-state index in [2.05, 4.69) is 0 Å². The second-order valence-electron chi connectivity index (χ2n) is 8.91. The molecule has 1 unspecified atom stereocenters. The molecule has 0 saturated carbocycles. The quantitative estimate of drug-likeness (QED) is 0.204. The number of Topliss-reactive ketones (excluding diaryl/α,β-unsaturated/α-hetero) is 1. The van der Waals surface area contributed by atoms with Gasteiger partial charge in [-0.2, -0.15) is 26.3 Å². The largest absolute Gasteiger partial charge is 0.475 e. The number of hydrogen-bond acceptors (Lipinski definition) is 7. The number of benzene rings is 1. The zero-order valence-electron chi connectivity index (χ0n) is 19.6. The molecule has 4 rings (SSSR count). The second kappa shape index (κ2) is 10.8. The van der Waals surface area contributed by atoms with Crippen LogP contribution in [0.15, 0.2) is 39.7 Å².